The molecule has 0 unspecified atom stereocenters. The fourth-order valence-corrected chi connectivity index (χ4v) is 2.38. The summed E-state index contributed by atoms with van der Waals surface area (Å²) in [4.78, 5) is 11.1. The molecule has 2 rings (SSSR count). The zero-order valence-electron chi connectivity index (χ0n) is 9.24. The Kier molecular flexibility index (Phi) is 3.40. The van der Waals surface area contributed by atoms with Crippen LogP contribution in [0.25, 0.3) is 0 Å². The lowest BCUT2D eigenvalue weighted by Crippen LogP contribution is -2.48. The number of hydrogen-bond acceptors (Lipinski definition) is 3. The molecule has 0 saturated heterocycles. The Labute approximate surface area is 108 Å². The van der Waals surface area contributed by atoms with Gasteiger partial charge in [0.1, 0.15) is 0 Å². The Morgan fingerprint density at radius 2 is 2.18 bits per heavy atom. The molecule has 5 heteroatoms. The Hall–Kier alpha value is -1.07. The van der Waals surface area contributed by atoms with Crippen LogP contribution in [0.15, 0.2) is 22.7 Å². The van der Waals surface area contributed by atoms with Crippen LogP contribution in [0.5, 0.6) is 0 Å². The molecule has 17 heavy (non-hydrogen) atoms. The Morgan fingerprint density at radius 3 is 2.65 bits per heavy atom. The standard InChI is InChI=1S/C12H14BrNO3/c13-8-2-3-10(9(6-8)11(16)17)14-12(7-15)4-1-5-12/h2-3,6,14-15H,1,4-5,7H2,(H,16,17). The molecule has 1 aromatic rings. The van der Waals surface area contributed by atoms with Gasteiger partial charge in [-0.05, 0) is 37.5 Å². The molecular weight excluding hydrogens is 286 g/mol. The van der Waals surface area contributed by atoms with Gasteiger partial charge in [-0.3, -0.25) is 0 Å². The number of rotatable bonds is 4. The number of aliphatic hydroxyl groups excluding tert-OH is 1. The molecule has 0 amide bonds. The first-order valence-electron chi connectivity index (χ1n) is 5.48. The molecule has 1 aliphatic rings. The third-order valence-electron chi connectivity index (χ3n) is 3.23. The van der Waals surface area contributed by atoms with Gasteiger partial charge in [0.05, 0.1) is 17.7 Å². The zero-order valence-corrected chi connectivity index (χ0v) is 10.8. The lowest BCUT2D eigenvalue weighted by atomic mass is 9.77. The third-order valence-corrected chi connectivity index (χ3v) is 3.72. The molecule has 4 nitrogen and oxygen atoms in total. The van der Waals surface area contributed by atoms with Crippen molar-refractivity contribution < 1.29 is 15.0 Å². The molecule has 0 bridgehead atoms. The third kappa shape index (κ3) is 2.45. The summed E-state index contributed by atoms with van der Waals surface area (Å²) in [7, 11) is 0. The van der Waals surface area contributed by atoms with Crippen molar-refractivity contribution in [2.75, 3.05) is 11.9 Å². The molecule has 0 heterocycles. The molecule has 0 atom stereocenters. The monoisotopic (exact) mass is 299 g/mol. The molecule has 1 saturated carbocycles. The molecule has 0 aromatic heterocycles. The maximum atomic E-state index is 11.1. The van der Waals surface area contributed by atoms with E-state index in [4.69, 9.17) is 5.11 Å². The van der Waals surface area contributed by atoms with Crippen LogP contribution >= 0.6 is 15.9 Å². The molecule has 1 fully saturated rings. The average molecular weight is 300 g/mol. The van der Waals surface area contributed by atoms with Crippen LogP contribution in [0.3, 0.4) is 0 Å². The minimum absolute atomic E-state index is 0.0299. The number of aliphatic hydroxyl groups is 1. The van der Waals surface area contributed by atoms with E-state index in [9.17, 15) is 9.90 Å². The highest BCUT2D eigenvalue weighted by Crippen LogP contribution is 2.36. The predicted octanol–water partition coefficient (Wildman–Crippen LogP) is 2.47. The summed E-state index contributed by atoms with van der Waals surface area (Å²) in [6.45, 7) is 0.0299. The molecule has 1 aliphatic carbocycles. The second-order valence-electron chi connectivity index (χ2n) is 4.41. The largest absolute Gasteiger partial charge is 0.478 e. The molecule has 92 valence electrons. The number of aromatic carboxylic acids is 1. The quantitative estimate of drug-likeness (QED) is 0.799. The summed E-state index contributed by atoms with van der Waals surface area (Å²) in [6.07, 6.45) is 2.81. The Morgan fingerprint density at radius 1 is 1.47 bits per heavy atom. The van der Waals surface area contributed by atoms with Crippen LogP contribution in [-0.2, 0) is 0 Å². The van der Waals surface area contributed by atoms with E-state index >= 15 is 0 Å². The fourth-order valence-electron chi connectivity index (χ4n) is 2.01. The minimum atomic E-state index is -0.971. The number of halogens is 1. The van der Waals surface area contributed by atoms with Crippen LogP contribution in [0.2, 0.25) is 0 Å². The summed E-state index contributed by atoms with van der Waals surface area (Å²) >= 11 is 3.25. The normalized spacial score (nSPS) is 17.3. The molecular formula is C12H14BrNO3. The van der Waals surface area contributed by atoms with Crippen molar-refractivity contribution in [2.45, 2.75) is 24.8 Å². The van der Waals surface area contributed by atoms with Crippen LogP contribution in [0.4, 0.5) is 5.69 Å². The second-order valence-corrected chi connectivity index (χ2v) is 5.33. The molecule has 0 spiro atoms. The van der Waals surface area contributed by atoms with Gasteiger partial charge in [0, 0.05) is 10.2 Å². The summed E-state index contributed by atoms with van der Waals surface area (Å²) in [5, 5.41) is 21.7. The van der Waals surface area contributed by atoms with Gasteiger partial charge >= 0.3 is 5.97 Å². The number of carbonyl (C=O) groups is 1. The first-order chi connectivity index (χ1) is 8.06. The lowest BCUT2D eigenvalue weighted by Gasteiger charge is -2.42. The van der Waals surface area contributed by atoms with Crippen molar-refractivity contribution >= 4 is 27.6 Å². The number of nitrogens with one attached hydrogen (secondary N) is 1. The van der Waals surface area contributed by atoms with Crippen LogP contribution in [0.1, 0.15) is 29.6 Å². The van der Waals surface area contributed by atoms with Gasteiger partial charge in [0.15, 0.2) is 0 Å². The number of carboxylic acid groups (broad SMARTS) is 1. The number of hydrogen-bond donors (Lipinski definition) is 3. The predicted molar refractivity (Wildman–Crippen MR) is 68.4 cm³/mol. The highest BCUT2D eigenvalue weighted by atomic mass is 79.9. The van der Waals surface area contributed by atoms with Gasteiger partial charge in [-0.25, -0.2) is 4.79 Å². The Balaban J connectivity index is 2.29. The van der Waals surface area contributed by atoms with Crippen molar-refractivity contribution in [1.82, 2.24) is 0 Å². The maximum absolute atomic E-state index is 11.1. The Bertz CT molecular complexity index is 438. The topological polar surface area (TPSA) is 69.6 Å². The average Bonchev–Trinajstić information content (AvgIpc) is 2.25. The van der Waals surface area contributed by atoms with Gasteiger partial charge in [0.2, 0.25) is 0 Å². The number of anilines is 1. The fraction of sp³-hybridized carbons (Fsp3) is 0.417. The van der Waals surface area contributed by atoms with Crippen molar-refractivity contribution in [2.24, 2.45) is 0 Å². The van der Waals surface area contributed by atoms with E-state index < -0.39 is 5.97 Å². The van der Waals surface area contributed by atoms with Crippen molar-refractivity contribution in [3.63, 3.8) is 0 Å². The van der Waals surface area contributed by atoms with E-state index in [0.29, 0.717) is 5.69 Å². The smallest absolute Gasteiger partial charge is 0.337 e. The first-order valence-corrected chi connectivity index (χ1v) is 6.27. The zero-order chi connectivity index (χ0) is 12.5. The van der Waals surface area contributed by atoms with E-state index in [-0.39, 0.29) is 17.7 Å². The molecule has 0 radical (unpaired) electrons. The summed E-state index contributed by atoms with van der Waals surface area (Å²) in [5.41, 5.74) is 0.450. The van der Waals surface area contributed by atoms with Gasteiger partial charge in [0.25, 0.3) is 0 Å². The lowest BCUT2D eigenvalue weighted by molar-refractivity contribution is 0.0697. The summed E-state index contributed by atoms with van der Waals surface area (Å²) in [5.74, 6) is -0.971. The highest BCUT2D eigenvalue weighted by Gasteiger charge is 2.36. The van der Waals surface area contributed by atoms with Crippen molar-refractivity contribution in [1.29, 1.82) is 0 Å². The molecule has 1 aromatic carbocycles. The van der Waals surface area contributed by atoms with E-state index in [2.05, 4.69) is 21.2 Å². The van der Waals surface area contributed by atoms with Crippen molar-refractivity contribution in [3.05, 3.63) is 28.2 Å². The van der Waals surface area contributed by atoms with Crippen LogP contribution in [0, 0.1) is 0 Å². The van der Waals surface area contributed by atoms with E-state index in [1.54, 1.807) is 18.2 Å². The SMILES string of the molecule is O=C(O)c1cc(Br)ccc1NC1(CO)CCC1. The molecule has 3 N–H and O–H groups in total. The molecule has 0 aliphatic heterocycles. The second kappa shape index (κ2) is 4.66. The van der Waals surface area contributed by atoms with Crippen LogP contribution in [-0.4, -0.2) is 28.3 Å². The van der Waals surface area contributed by atoms with Crippen LogP contribution < -0.4 is 5.32 Å². The summed E-state index contributed by atoms with van der Waals surface area (Å²) in [6, 6.07) is 5.08. The van der Waals surface area contributed by atoms with Gasteiger partial charge < -0.3 is 15.5 Å². The van der Waals surface area contributed by atoms with Gasteiger partial charge in [-0.2, -0.15) is 0 Å². The maximum Gasteiger partial charge on any atom is 0.337 e. The van der Waals surface area contributed by atoms with E-state index in [0.717, 1.165) is 23.7 Å². The van der Waals surface area contributed by atoms with Gasteiger partial charge in [-0.1, -0.05) is 15.9 Å². The first kappa shape index (κ1) is 12.4. The summed E-state index contributed by atoms with van der Waals surface area (Å²) < 4.78 is 0.729. The van der Waals surface area contributed by atoms with E-state index in [1.807, 2.05) is 0 Å². The highest BCUT2D eigenvalue weighted by molar-refractivity contribution is 9.10. The van der Waals surface area contributed by atoms with E-state index in [1.165, 1.54) is 0 Å². The number of benzene rings is 1. The van der Waals surface area contributed by atoms with Gasteiger partial charge in [-0.15, -0.1) is 0 Å². The number of carboxylic acids is 1. The minimum Gasteiger partial charge on any atom is -0.478 e. The van der Waals surface area contributed by atoms with Crippen molar-refractivity contribution in [3.8, 4) is 0 Å².